The van der Waals surface area contributed by atoms with Crippen molar-refractivity contribution in [2.75, 3.05) is 43.2 Å². The van der Waals surface area contributed by atoms with E-state index < -0.39 is 0 Å². The Labute approximate surface area is 195 Å². The Balaban J connectivity index is 1.53. The summed E-state index contributed by atoms with van der Waals surface area (Å²) in [4.78, 5) is 16.4. The van der Waals surface area contributed by atoms with Gasteiger partial charge in [-0.05, 0) is 64.0 Å². The average molecular weight is 460 g/mol. The minimum absolute atomic E-state index is 0.364. The van der Waals surface area contributed by atoms with Crippen molar-refractivity contribution in [2.24, 2.45) is 0 Å². The van der Waals surface area contributed by atoms with Crippen molar-refractivity contribution >= 4 is 35.1 Å². The van der Waals surface area contributed by atoms with Crippen molar-refractivity contribution in [3.8, 4) is 5.75 Å². The summed E-state index contributed by atoms with van der Waals surface area (Å²) in [6, 6.07) is 6.31. The fraction of sp³-hybridized carbons (Fsp3) is 0.609. The number of nitrogens with zero attached hydrogens (tertiary/aromatic N) is 4. The Morgan fingerprint density at radius 3 is 2.06 bits per heavy atom. The first kappa shape index (κ1) is 22.9. The topological polar surface area (TPSA) is 87.2 Å². The van der Waals surface area contributed by atoms with Gasteiger partial charge < -0.3 is 25.6 Å². The van der Waals surface area contributed by atoms with E-state index in [-0.39, 0.29) is 0 Å². The van der Waals surface area contributed by atoms with Crippen LogP contribution < -0.4 is 20.7 Å². The summed E-state index contributed by atoms with van der Waals surface area (Å²) in [6.07, 6.45) is 9.57. The maximum atomic E-state index is 6.30. The quantitative estimate of drug-likeness (QED) is 0.503. The molecule has 0 atom stereocenters. The van der Waals surface area contributed by atoms with Crippen LogP contribution in [0.15, 0.2) is 18.2 Å². The maximum Gasteiger partial charge on any atom is 0.233 e. The van der Waals surface area contributed by atoms with Crippen LogP contribution in [0.25, 0.3) is 0 Å². The Morgan fingerprint density at radius 2 is 1.47 bits per heavy atom. The second-order valence-corrected chi connectivity index (χ2v) is 9.24. The molecule has 174 valence electrons. The Hall–Kier alpha value is -2.32. The highest BCUT2D eigenvalue weighted by Crippen LogP contribution is 2.29. The molecule has 0 spiro atoms. The lowest BCUT2D eigenvalue weighted by Gasteiger charge is -2.29. The van der Waals surface area contributed by atoms with Crippen LogP contribution in [-0.4, -0.2) is 59.2 Å². The van der Waals surface area contributed by atoms with Gasteiger partial charge in [-0.25, -0.2) is 0 Å². The molecule has 8 nitrogen and oxygen atoms in total. The zero-order valence-electron chi connectivity index (χ0n) is 19.0. The van der Waals surface area contributed by atoms with Gasteiger partial charge in [0.25, 0.3) is 0 Å². The molecule has 1 aliphatic heterocycles. The van der Waals surface area contributed by atoms with Gasteiger partial charge in [-0.15, -0.1) is 0 Å². The van der Waals surface area contributed by atoms with Gasteiger partial charge in [-0.3, -0.25) is 0 Å². The summed E-state index contributed by atoms with van der Waals surface area (Å²) in [7, 11) is 3.77. The molecule has 0 amide bonds. The van der Waals surface area contributed by atoms with Gasteiger partial charge in [0.1, 0.15) is 5.75 Å². The predicted octanol–water partition coefficient (Wildman–Crippen LogP) is 4.92. The fourth-order valence-electron chi connectivity index (χ4n) is 4.38. The van der Waals surface area contributed by atoms with E-state index in [0.29, 0.717) is 40.7 Å². The van der Waals surface area contributed by atoms with Gasteiger partial charge in [0.2, 0.25) is 17.8 Å². The molecule has 3 N–H and O–H groups in total. The largest absolute Gasteiger partial charge is 0.495 e. The normalized spacial score (nSPS) is 18.7. The standard InChI is InChI=1S/C23H34ClN7O/c1-31-13-11-17(12-14-31)26-22-28-21(25-16-7-5-3-4-6-8-16)29-23(30-22)27-18-9-10-20(32-2)19(24)15-18/h9-10,15-17H,3-8,11-14H2,1-2H3,(H3,25,26,27,28,29,30). The minimum atomic E-state index is 0.364. The Bertz CT molecular complexity index is 881. The molecule has 2 aliphatic rings. The number of likely N-dealkylation sites (tertiary alicyclic amines) is 1. The Kier molecular flexibility index (Phi) is 7.86. The monoisotopic (exact) mass is 459 g/mol. The molecule has 4 rings (SSSR count). The summed E-state index contributed by atoms with van der Waals surface area (Å²) < 4.78 is 5.25. The predicted molar refractivity (Wildman–Crippen MR) is 130 cm³/mol. The van der Waals surface area contributed by atoms with Gasteiger partial charge in [0.05, 0.1) is 12.1 Å². The van der Waals surface area contributed by atoms with Crippen LogP contribution >= 0.6 is 11.6 Å². The van der Waals surface area contributed by atoms with Crippen LogP contribution in [0.1, 0.15) is 51.4 Å². The van der Waals surface area contributed by atoms with E-state index in [9.17, 15) is 0 Å². The molecule has 2 aromatic rings. The number of benzene rings is 1. The molecule has 32 heavy (non-hydrogen) atoms. The SMILES string of the molecule is COc1ccc(Nc2nc(NC3CCCCCC3)nc(NC3CCN(C)CC3)n2)cc1Cl. The first-order valence-corrected chi connectivity index (χ1v) is 12.0. The third-order valence-corrected chi connectivity index (χ3v) is 6.58. The van der Waals surface area contributed by atoms with Crippen molar-refractivity contribution in [3.63, 3.8) is 0 Å². The summed E-state index contributed by atoms with van der Waals surface area (Å²) in [5.74, 6) is 2.35. The molecular weight excluding hydrogens is 426 g/mol. The molecule has 2 heterocycles. The van der Waals surface area contributed by atoms with Crippen LogP contribution in [0.5, 0.6) is 5.75 Å². The number of piperidine rings is 1. The Morgan fingerprint density at radius 1 is 0.875 bits per heavy atom. The molecule has 1 aromatic heterocycles. The van der Waals surface area contributed by atoms with Crippen molar-refractivity contribution in [2.45, 2.75) is 63.5 Å². The van der Waals surface area contributed by atoms with Crippen molar-refractivity contribution in [1.29, 1.82) is 0 Å². The average Bonchev–Trinajstić information content (AvgIpc) is 3.04. The molecule has 0 bridgehead atoms. The number of halogens is 1. The third kappa shape index (κ3) is 6.36. The number of hydrogen-bond donors (Lipinski definition) is 3. The molecule has 9 heteroatoms. The van der Waals surface area contributed by atoms with E-state index in [1.165, 1.54) is 25.7 Å². The first-order chi connectivity index (χ1) is 15.6. The fourth-order valence-corrected chi connectivity index (χ4v) is 4.63. The lowest BCUT2D eigenvalue weighted by atomic mass is 10.1. The van der Waals surface area contributed by atoms with E-state index in [4.69, 9.17) is 21.3 Å². The molecule has 0 radical (unpaired) electrons. The maximum absolute atomic E-state index is 6.30. The first-order valence-electron chi connectivity index (χ1n) is 11.7. The molecule has 1 saturated heterocycles. The number of aromatic nitrogens is 3. The summed E-state index contributed by atoms with van der Waals surface area (Å²) in [6.45, 7) is 2.15. The van der Waals surface area contributed by atoms with Crippen molar-refractivity contribution < 1.29 is 4.74 Å². The van der Waals surface area contributed by atoms with Crippen molar-refractivity contribution in [3.05, 3.63) is 23.2 Å². The molecule has 1 aliphatic carbocycles. The third-order valence-electron chi connectivity index (χ3n) is 6.28. The van der Waals surface area contributed by atoms with Gasteiger partial charge in [-0.1, -0.05) is 37.3 Å². The second kappa shape index (κ2) is 11.0. The van der Waals surface area contributed by atoms with Crippen LogP contribution in [0.2, 0.25) is 5.02 Å². The lowest BCUT2D eigenvalue weighted by molar-refractivity contribution is 0.263. The van der Waals surface area contributed by atoms with E-state index in [0.717, 1.165) is 44.5 Å². The van der Waals surface area contributed by atoms with Crippen LogP contribution in [0, 0.1) is 0 Å². The lowest BCUT2D eigenvalue weighted by Crippen LogP contribution is -2.37. The number of hydrogen-bond acceptors (Lipinski definition) is 8. The van der Waals surface area contributed by atoms with E-state index in [1.54, 1.807) is 7.11 Å². The highest BCUT2D eigenvalue weighted by atomic mass is 35.5. The number of nitrogens with one attached hydrogen (secondary N) is 3. The van der Waals surface area contributed by atoms with E-state index >= 15 is 0 Å². The van der Waals surface area contributed by atoms with E-state index in [2.05, 4.69) is 37.9 Å². The number of anilines is 4. The van der Waals surface area contributed by atoms with Crippen LogP contribution in [-0.2, 0) is 0 Å². The highest BCUT2D eigenvalue weighted by Gasteiger charge is 2.19. The minimum Gasteiger partial charge on any atom is -0.495 e. The van der Waals surface area contributed by atoms with Crippen LogP contribution in [0.3, 0.4) is 0 Å². The van der Waals surface area contributed by atoms with Crippen molar-refractivity contribution in [1.82, 2.24) is 19.9 Å². The smallest absolute Gasteiger partial charge is 0.233 e. The molecular formula is C23H34ClN7O. The molecule has 2 fully saturated rings. The molecule has 1 saturated carbocycles. The highest BCUT2D eigenvalue weighted by molar-refractivity contribution is 6.32. The summed E-state index contributed by atoms with van der Waals surface area (Å²) in [5, 5.41) is 10.9. The second-order valence-electron chi connectivity index (χ2n) is 8.84. The van der Waals surface area contributed by atoms with Gasteiger partial charge >= 0.3 is 0 Å². The number of rotatable bonds is 7. The number of ether oxygens (including phenoxy) is 1. The van der Waals surface area contributed by atoms with Gasteiger partial charge in [-0.2, -0.15) is 15.0 Å². The number of methoxy groups -OCH3 is 1. The molecule has 0 unspecified atom stereocenters. The van der Waals surface area contributed by atoms with Gasteiger partial charge in [0.15, 0.2) is 0 Å². The van der Waals surface area contributed by atoms with Crippen LogP contribution in [0.4, 0.5) is 23.5 Å². The van der Waals surface area contributed by atoms with Gasteiger partial charge in [0, 0.05) is 17.8 Å². The summed E-state index contributed by atoms with van der Waals surface area (Å²) >= 11 is 6.30. The zero-order valence-corrected chi connectivity index (χ0v) is 19.8. The zero-order chi connectivity index (χ0) is 22.3. The molecule has 1 aromatic carbocycles. The summed E-state index contributed by atoms with van der Waals surface area (Å²) in [5.41, 5.74) is 0.799. The van der Waals surface area contributed by atoms with E-state index in [1.807, 2.05) is 18.2 Å².